The molecule has 1 unspecified atom stereocenters. The molecule has 0 aromatic heterocycles. The van der Waals surface area contributed by atoms with Crippen molar-refractivity contribution in [2.24, 2.45) is 23.0 Å². The molecule has 0 saturated carbocycles. The summed E-state index contributed by atoms with van der Waals surface area (Å²) < 4.78 is 0. The zero-order valence-corrected chi connectivity index (χ0v) is 14.1. The average Bonchev–Trinajstić information content (AvgIpc) is 2.42. The highest BCUT2D eigenvalue weighted by Crippen LogP contribution is 2.22. The van der Waals surface area contributed by atoms with Crippen LogP contribution in [0.25, 0.3) is 0 Å². The fourth-order valence-corrected chi connectivity index (χ4v) is 2.45. The van der Waals surface area contributed by atoms with Gasteiger partial charge in [-0.3, -0.25) is 9.59 Å². The van der Waals surface area contributed by atoms with E-state index in [0.29, 0.717) is 19.0 Å². The number of hydrogen-bond donors (Lipinski definition) is 2. The van der Waals surface area contributed by atoms with E-state index >= 15 is 0 Å². The van der Waals surface area contributed by atoms with Crippen LogP contribution in [0.3, 0.4) is 0 Å². The molecule has 1 fully saturated rings. The summed E-state index contributed by atoms with van der Waals surface area (Å²) in [6.45, 7) is 11.8. The molecule has 122 valence electrons. The largest absolute Gasteiger partial charge is 0.356 e. The van der Waals surface area contributed by atoms with Crippen LogP contribution in [0.15, 0.2) is 0 Å². The SMILES string of the molecule is CC(C)C(=O)NCC1CCCN(C(=O)[C@@H](N)C(C)(C)C)C1. The Bertz CT molecular complexity index is 374. The Morgan fingerprint density at radius 3 is 2.48 bits per heavy atom. The van der Waals surface area contributed by atoms with Gasteiger partial charge in [-0.05, 0) is 24.2 Å². The lowest BCUT2D eigenvalue weighted by Gasteiger charge is -2.37. The number of nitrogens with one attached hydrogen (secondary N) is 1. The molecular formula is C16H31N3O2. The minimum absolute atomic E-state index is 0.000591. The number of rotatable bonds is 4. The number of nitrogens with zero attached hydrogens (tertiary/aromatic N) is 1. The third-order valence-electron chi connectivity index (χ3n) is 4.12. The Balaban J connectivity index is 2.52. The molecule has 1 saturated heterocycles. The fraction of sp³-hybridized carbons (Fsp3) is 0.875. The third-order valence-corrected chi connectivity index (χ3v) is 4.12. The van der Waals surface area contributed by atoms with Crippen molar-refractivity contribution in [2.75, 3.05) is 19.6 Å². The van der Waals surface area contributed by atoms with Gasteiger partial charge in [-0.1, -0.05) is 34.6 Å². The molecule has 0 radical (unpaired) electrons. The van der Waals surface area contributed by atoms with E-state index in [1.165, 1.54) is 0 Å². The maximum absolute atomic E-state index is 12.5. The Kier molecular flexibility index (Phi) is 6.20. The van der Waals surface area contributed by atoms with Gasteiger partial charge in [-0.25, -0.2) is 0 Å². The molecule has 1 aliphatic heterocycles. The van der Waals surface area contributed by atoms with Gasteiger partial charge >= 0.3 is 0 Å². The van der Waals surface area contributed by atoms with Gasteiger partial charge in [0.1, 0.15) is 0 Å². The Labute approximate surface area is 128 Å². The van der Waals surface area contributed by atoms with E-state index in [1.54, 1.807) is 0 Å². The second-order valence-corrected chi connectivity index (χ2v) is 7.54. The Morgan fingerprint density at radius 1 is 1.33 bits per heavy atom. The van der Waals surface area contributed by atoms with Crippen molar-refractivity contribution in [3.63, 3.8) is 0 Å². The zero-order valence-electron chi connectivity index (χ0n) is 14.1. The van der Waals surface area contributed by atoms with Gasteiger partial charge in [0.25, 0.3) is 0 Å². The lowest BCUT2D eigenvalue weighted by Crippen LogP contribution is -2.53. The molecule has 0 bridgehead atoms. The van der Waals surface area contributed by atoms with E-state index < -0.39 is 6.04 Å². The molecule has 5 nitrogen and oxygen atoms in total. The van der Waals surface area contributed by atoms with Gasteiger partial charge < -0.3 is 16.0 Å². The zero-order chi connectivity index (χ0) is 16.2. The van der Waals surface area contributed by atoms with Crippen LogP contribution < -0.4 is 11.1 Å². The minimum atomic E-state index is -0.471. The number of likely N-dealkylation sites (tertiary alicyclic amines) is 1. The lowest BCUT2D eigenvalue weighted by molar-refractivity contribution is -0.136. The second-order valence-electron chi connectivity index (χ2n) is 7.54. The molecule has 0 spiro atoms. The van der Waals surface area contributed by atoms with Crippen molar-refractivity contribution >= 4 is 11.8 Å². The summed E-state index contributed by atoms with van der Waals surface area (Å²) in [5.41, 5.74) is 5.85. The molecule has 3 N–H and O–H groups in total. The molecule has 1 aliphatic rings. The minimum Gasteiger partial charge on any atom is -0.356 e. The third kappa shape index (κ3) is 5.30. The van der Waals surface area contributed by atoms with Crippen molar-refractivity contribution in [3.8, 4) is 0 Å². The van der Waals surface area contributed by atoms with Gasteiger partial charge in [-0.15, -0.1) is 0 Å². The Hall–Kier alpha value is -1.10. The predicted octanol–water partition coefficient (Wildman–Crippen LogP) is 1.37. The van der Waals surface area contributed by atoms with Crippen molar-refractivity contribution in [3.05, 3.63) is 0 Å². The fourth-order valence-electron chi connectivity index (χ4n) is 2.45. The van der Waals surface area contributed by atoms with Crippen molar-refractivity contribution < 1.29 is 9.59 Å². The number of carbonyl (C=O) groups is 2. The van der Waals surface area contributed by atoms with E-state index in [0.717, 1.165) is 19.4 Å². The van der Waals surface area contributed by atoms with Crippen LogP contribution in [0.1, 0.15) is 47.5 Å². The van der Waals surface area contributed by atoms with E-state index in [2.05, 4.69) is 5.32 Å². The topological polar surface area (TPSA) is 75.4 Å². The molecule has 21 heavy (non-hydrogen) atoms. The highest BCUT2D eigenvalue weighted by atomic mass is 16.2. The first-order chi connectivity index (χ1) is 9.62. The molecule has 2 amide bonds. The summed E-state index contributed by atoms with van der Waals surface area (Å²) in [5, 5.41) is 2.96. The van der Waals surface area contributed by atoms with Crippen LogP contribution >= 0.6 is 0 Å². The summed E-state index contributed by atoms with van der Waals surface area (Å²) in [4.78, 5) is 25.9. The quantitative estimate of drug-likeness (QED) is 0.823. The van der Waals surface area contributed by atoms with E-state index in [4.69, 9.17) is 5.73 Å². The molecule has 1 rings (SSSR count). The van der Waals surface area contributed by atoms with Crippen LogP contribution in [-0.2, 0) is 9.59 Å². The number of piperidine rings is 1. The van der Waals surface area contributed by atoms with E-state index in [-0.39, 0.29) is 23.1 Å². The lowest BCUT2D eigenvalue weighted by atomic mass is 9.86. The molecule has 0 aromatic carbocycles. The van der Waals surface area contributed by atoms with E-state index in [9.17, 15) is 9.59 Å². The second kappa shape index (κ2) is 7.25. The molecule has 5 heteroatoms. The first-order valence-corrected chi connectivity index (χ1v) is 7.95. The summed E-state index contributed by atoms with van der Waals surface area (Å²) >= 11 is 0. The normalized spacial score (nSPS) is 21.3. The number of amides is 2. The van der Waals surface area contributed by atoms with Gasteiger partial charge in [-0.2, -0.15) is 0 Å². The van der Waals surface area contributed by atoms with Crippen LogP contribution in [0, 0.1) is 17.3 Å². The number of carbonyl (C=O) groups excluding carboxylic acids is 2. The average molecular weight is 297 g/mol. The standard InChI is InChI=1S/C16H31N3O2/c1-11(2)14(20)18-9-12-7-6-8-19(10-12)15(21)13(17)16(3,4)5/h11-13H,6-10,17H2,1-5H3,(H,18,20)/t12?,13-/m1/s1. The smallest absolute Gasteiger partial charge is 0.240 e. The first kappa shape index (κ1) is 18.0. The maximum Gasteiger partial charge on any atom is 0.240 e. The van der Waals surface area contributed by atoms with Gasteiger partial charge in [0.05, 0.1) is 6.04 Å². The van der Waals surface area contributed by atoms with Gasteiger partial charge in [0.15, 0.2) is 0 Å². The highest BCUT2D eigenvalue weighted by molar-refractivity contribution is 5.82. The van der Waals surface area contributed by atoms with Crippen molar-refractivity contribution in [2.45, 2.75) is 53.5 Å². The molecule has 0 aliphatic carbocycles. The molecule has 2 atom stereocenters. The van der Waals surface area contributed by atoms with Crippen LogP contribution in [0.5, 0.6) is 0 Å². The van der Waals surface area contributed by atoms with Crippen LogP contribution in [0.2, 0.25) is 0 Å². The Morgan fingerprint density at radius 2 is 1.95 bits per heavy atom. The molecule has 1 heterocycles. The molecule has 0 aromatic rings. The van der Waals surface area contributed by atoms with Gasteiger partial charge in [0.2, 0.25) is 11.8 Å². The summed E-state index contributed by atoms with van der Waals surface area (Å²) in [7, 11) is 0. The van der Waals surface area contributed by atoms with Crippen LogP contribution in [0.4, 0.5) is 0 Å². The van der Waals surface area contributed by atoms with Crippen molar-refractivity contribution in [1.82, 2.24) is 10.2 Å². The predicted molar refractivity (Wildman–Crippen MR) is 84.6 cm³/mol. The van der Waals surface area contributed by atoms with Crippen LogP contribution in [-0.4, -0.2) is 42.4 Å². The molecular weight excluding hydrogens is 266 g/mol. The summed E-state index contributed by atoms with van der Waals surface area (Å²) in [6, 6.07) is -0.471. The van der Waals surface area contributed by atoms with E-state index in [1.807, 2.05) is 39.5 Å². The van der Waals surface area contributed by atoms with Crippen molar-refractivity contribution in [1.29, 1.82) is 0 Å². The van der Waals surface area contributed by atoms with Gasteiger partial charge in [0, 0.05) is 25.6 Å². The number of hydrogen-bond acceptors (Lipinski definition) is 3. The first-order valence-electron chi connectivity index (χ1n) is 7.95. The highest BCUT2D eigenvalue weighted by Gasteiger charge is 2.33. The maximum atomic E-state index is 12.5. The number of nitrogens with two attached hydrogens (primary N) is 1. The monoisotopic (exact) mass is 297 g/mol. The summed E-state index contributed by atoms with van der Waals surface area (Å²) in [5.74, 6) is 0.436. The summed E-state index contributed by atoms with van der Waals surface area (Å²) in [6.07, 6.45) is 2.03.